The van der Waals surface area contributed by atoms with Crippen LogP contribution in [-0.2, 0) is 5.41 Å². The van der Waals surface area contributed by atoms with Crippen LogP contribution in [0.1, 0.15) is 38.8 Å². The Kier molecular flexibility index (Phi) is 4.35. The Morgan fingerprint density at radius 3 is 1.97 bits per heavy atom. The number of hydrogen-bond donors (Lipinski definition) is 0. The Bertz CT molecular complexity index is 1700. The van der Waals surface area contributed by atoms with Gasteiger partial charge >= 0.3 is 0 Å². The van der Waals surface area contributed by atoms with Gasteiger partial charge < -0.3 is 0 Å². The van der Waals surface area contributed by atoms with E-state index >= 15 is 0 Å². The number of fused-ring (bicyclic) bond motifs is 8. The summed E-state index contributed by atoms with van der Waals surface area (Å²) in [5.41, 5.74) is 5.58. The molecule has 0 heteroatoms. The smallest absolute Gasteiger partial charge is 0.0165 e. The predicted molar refractivity (Wildman–Crippen MR) is 145 cm³/mol. The number of benzene rings is 6. The van der Waals surface area contributed by atoms with Crippen molar-refractivity contribution in [1.82, 2.24) is 0 Å². The maximum absolute atomic E-state index is 2.40. The maximum Gasteiger partial charge on any atom is 0.0165 e. The normalized spacial score (nSPS) is 13.7. The standard InChI is InChI=1S/C31H22.C2H6/c1-31(2)26-13-7-10-22-18-21-9-4-6-12-24(21)29(28(22)26)25-17-16-20-15-14-19-8-3-5-11-23(19)27(20)30(25)31;1-2/h3-18H,1-2H3;1-2H3. The van der Waals surface area contributed by atoms with E-state index in [1.807, 2.05) is 13.8 Å². The van der Waals surface area contributed by atoms with Crippen molar-refractivity contribution in [2.45, 2.75) is 33.1 Å². The second kappa shape index (κ2) is 7.18. The molecule has 1 aliphatic carbocycles. The zero-order valence-corrected chi connectivity index (χ0v) is 19.7. The van der Waals surface area contributed by atoms with E-state index in [1.165, 1.54) is 65.3 Å². The van der Waals surface area contributed by atoms with Crippen LogP contribution in [0.5, 0.6) is 0 Å². The quantitative estimate of drug-likeness (QED) is 0.168. The molecule has 33 heavy (non-hydrogen) atoms. The van der Waals surface area contributed by atoms with Crippen LogP contribution in [-0.4, -0.2) is 0 Å². The molecule has 0 N–H and O–H groups in total. The molecule has 0 atom stereocenters. The summed E-state index contributed by atoms with van der Waals surface area (Å²) < 4.78 is 0. The molecular weight excluding hydrogens is 396 g/mol. The minimum absolute atomic E-state index is 0.0894. The average molecular weight is 425 g/mol. The fourth-order valence-corrected chi connectivity index (χ4v) is 6.01. The minimum Gasteiger partial charge on any atom is -0.0683 e. The molecule has 0 aliphatic heterocycles. The topological polar surface area (TPSA) is 0 Å². The van der Waals surface area contributed by atoms with Gasteiger partial charge in [0.1, 0.15) is 0 Å². The van der Waals surface area contributed by atoms with Crippen LogP contribution in [0.2, 0.25) is 0 Å². The van der Waals surface area contributed by atoms with E-state index in [4.69, 9.17) is 0 Å². The second-order valence-corrected chi connectivity index (χ2v) is 9.37. The fraction of sp³-hybridized carbons (Fsp3) is 0.152. The summed E-state index contributed by atoms with van der Waals surface area (Å²) in [4.78, 5) is 0. The lowest BCUT2D eigenvalue weighted by molar-refractivity contribution is 0.652. The van der Waals surface area contributed by atoms with Gasteiger partial charge in [0, 0.05) is 5.41 Å². The zero-order chi connectivity index (χ0) is 22.7. The summed E-state index contributed by atoms with van der Waals surface area (Å²) in [6.45, 7) is 8.81. The lowest BCUT2D eigenvalue weighted by Crippen LogP contribution is -2.24. The third-order valence-electron chi connectivity index (χ3n) is 7.37. The van der Waals surface area contributed by atoms with Gasteiger partial charge in [0.25, 0.3) is 0 Å². The molecule has 1 aliphatic rings. The van der Waals surface area contributed by atoms with Gasteiger partial charge in [-0.05, 0) is 71.4 Å². The molecule has 0 bridgehead atoms. The molecular formula is C33H28. The molecule has 0 heterocycles. The minimum atomic E-state index is -0.0894. The highest BCUT2D eigenvalue weighted by Gasteiger charge is 2.36. The molecule has 6 aromatic rings. The van der Waals surface area contributed by atoms with Crippen molar-refractivity contribution in [3.8, 4) is 11.1 Å². The van der Waals surface area contributed by atoms with E-state index in [-0.39, 0.29) is 5.41 Å². The molecule has 0 fully saturated rings. The van der Waals surface area contributed by atoms with Crippen molar-refractivity contribution in [1.29, 1.82) is 0 Å². The maximum atomic E-state index is 2.40. The first-order valence-corrected chi connectivity index (χ1v) is 12.0. The lowest BCUT2D eigenvalue weighted by atomic mass is 9.66. The Balaban J connectivity index is 0.00000101. The summed E-state index contributed by atoms with van der Waals surface area (Å²) in [5, 5.41) is 10.8. The van der Waals surface area contributed by atoms with Crippen LogP contribution < -0.4 is 0 Å². The zero-order valence-electron chi connectivity index (χ0n) is 19.7. The highest BCUT2D eigenvalue weighted by atomic mass is 14.4. The van der Waals surface area contributed by atoms with Crippen LogP contribution >= 0.6 is 0 Å². The molecule has 0 saturated heterocycles. The van der Waals surface area contributed by atoms with Gasteiger partial charge in [-0.25, -0.2) is 0 Å². The van der Waals surface area contributed by atoms with E-state index in [9.17, 15) is 0 Å². The second-order valence-electron chi connectivity index (χ2n) is 9.37. The Labute approximate surface area is 195 Å². The van der Waals surface area contributed by atoms with Gasteiger partial charge in [-0.1, -0.05) is 119 Å². The first kappa shape index (κ1) is 20.0. The fourth-order valence-electron chi connectivity index (χ4n) is 6.01. The molecule has 0 unspecified atom stereocenters. The van der Waals surface area contributed by atoms with Crippen LogP contribution in [0.3, 0.4) is 0 Å². The third-order valence-corrected chi connectivity index (χ3v) is 7.37. The van der Waals surface area contributed by atoms with E-state index in [1.54, 1.807) is 0 Å². The van der Waals surface area contributed by atoms with Gasteiger partial charge in [0.15, 0.2) is 0 Å². The summed E-state index contributed by atoms with van der Waals surface area (Å²) >= 11 is 0. The van der Waals surface area contributed by atoms with Gasteiger partial charge in [0.05, 0.1) is 0 Å². The third kappa shape index (κ3) is 2.64. The lowest BCUT2D eigenvalue weighted by Gasteiger charge is -2.37. The highest BCUT2D eigenvalue weighted by molar-refractivity contribution is 6.20. The predicted octanol–water partition coefficient (Wildman–Crippen LogP) is 9.63. The van der Waals surface area contributed by atoms with Gasteiger partial charge in [-0.3, -0.25) is 0 Å². The van der Waals surface area contributed by atoms with E-state index < -0.39 is 0 Å². The first-order chi connectivity index (χ1) is 16.1. The SMILES string of the molecule is CC.CC1(C)c2cccc3cc4ccccc4c(c23)-c2ccc3ccc4ccccc4c3c21. The van der Waals surface area contributed by atoms with E-state index in [0.717, 1.165) is 0 Å². The molecule has 0 amide bonds. The molecule has 160 valence electrons. The summed E-state index contributed by atoms with van der Waals surface area (Å²) in [5.74, 6) is 0. The van der Waals surface area contributed by atoms with E-state index in [2.05, 4.69) is 111 Å². The average Bonchev–Trinajstić information content (AvgIpc) is 2.86. The summed E-state index contributed by atoms with van der Waals surface area (Å²) in [6, 6.07) is 36.1. The molecule has 0 aromatic heterocycles. The van der Waals surface area contributed by atoms with Crippen molar-refractivity contribution >= 4 is 43.1 Å². The van der Waals surface area contributed by atoms with E-state index in [0.29, 0.717) is 0 Å². The monoisotopic (exact) mass is 424 g/mol. The molecule has 0 saturated carbocycles. The molecule has 0 radical (unpaired) electrons. The number of hydrogen-bond acceptors (Lipinski definition) is 0. The van der Waals surface area contributed by atoms with Crippen molar-refractivity contribution < 1.29 is 0 Å². The summed E-state index contributed by atoms with van der Waals surface area (Å²) in [7, 11) is 0. The summed E-state index contributed by atoms with van der Waals surface area (Å²) in [6.07, 6.45) is 0. The Hall–Kier alpha value is -3.64. The van der Waals surface area contributed by atoms with Crippen LogP contribution in [0.25, 0.3) is 54.2 Å². The van der Waals surface area contributed by atoms with Crippen molar-refractivity contribution in [3.05, 3.63) is 108 Å². The Morgan fingerprint density at radius 2 is 1.15 bits per heavy atom. The van der Waals surface area contributed by atoms with Gasteiger partial charge in [0.2, 0.25) is 0 Å². The van der Waals surface area contributed by atoms with Gasteiger partial charge in [-0.15, -0.1) is 0 Å². The molecule has 0 nitrogen and oxygen atoms in total. The molecule has 7 rings (SSSR count). The van der Waals surface area contributed by atoms with Crippen molar-refractivity contribution in [2.24, 2.45) is 0 Å². The van der Waals surface area contributed by atoms with Crippen molar-refractivity contribution in [2.75, 3.05) is 0 Å². The molecule has 0 spiro atoms. The highest BCUT2D eigenvalue weighted by Crippen LogP contribution is 2.53. The number of rotatable bonds is 0. The van der Waals surface area contributed by atoms with Crippen LogP contribution in [0, 0.1) is 0 Å². The molecule has 6 aromatic carbocycles. The first-order valence-electron chi connectivity index (χ1n) is 12.0. The van der Waals surface area contributed by atoms with Crippen LogP contribution in [0.15, 0.2) is 97.1 Å². The van der Waals surface area contributed by atoms with Crippen molar-refractivity contribution in [3.63, 3.8) is 0 Å². The Morgan fingerprint density at radius 1 is 0.515 bits per heavy atom. The van der Waals surface area contributed by atoms with Crippen LogP contribution in [0.4, 0.5) is 0 Å². The largest absolute Gasteiger partial charge is 0.0683 e. The van der Waals surface area contributed by atoms with Gasteiger partial charge in [-0.2, -0.15) is 0 Å².